The summed E-state index contributed by atoms with van der Waals surface area (Å²) in [7, 11) is 0. The SMILES string of the molecule is CCNC1(C(=O)OCC)CCC(N2CCC(CC)CC2)C1. The van der Waals surface area contributed by atoms with E-state index in [0.29, 0.717) is 12.6 Å². The van der Waals surface area contributed by atoms with Gasteiger partial charge in [0.1, 0.15) is 5.54 Å². The standard InChI is InChI=1S/C17H32N2O2/c1-4-14-8-11-19(12-9-14)15-7-10-17(13-15,18-5-2)16(20)21-6-3/h14-15,18H,4-13H2,1-3H3. The van der Waals surface area contributed by atoms with Crippen molar-refractivity contribution >= 4 is 5.97 Å². The molecule has 0 aromatic carbocycles. The van der Waals surface area contributed by atoms with E-state index in [0.717, 1.165) is 31.7 Å². The summed E-state index contributed by atoms with van der Waals surface area (Å²) >= 11 is 0. The lowest BCUT2D eigenvalue weighted by atomic mass is 9.92. The molecule has 4 heteroatoms. The average molecular weight is 296 g/mol. The maximum atomic E-state index is 12.4. The van der Waals surface area contributed by atoms with E-state index in [1.54, 1.807) is 0 Å². The zero-order valence-electron chi connectivity index (χ0n) is 14.0. The third-order valence-corrected chi connectivity index (χ3v) is 5.41. The van der Waals surface area contributed by atoms with Gasteiger partial charge in [-0.3, -0.25) is 4.79 Å². The minimum Gasteiger partial charge on any atom is -0.465 e. The highest BCUT2D eigenvalue weighted by Crippen LogP contribution is 2.36. The van der Waals surface area contributed by atoms with Gasteiger partial charge in [0, 0.05) is 6.04 Å². The Morgan fingerprint density at radius 1 is 1.24 bits per heavy atom. The van der Waals surface area contributed by atoms with Crippen LogP contribution in [0.25, 0.3) is 0 Å². The quantitative estimate of drug-likeness (QED) is 0.765. The molecule has 21 heavy (non-hydrogen) atoms. The molecule has 0 radical (unpaired) electrons. The van der Waals surface area contributed by atoms with Crippen LogP contribution in [0.5, 0.6) is 0 Å². The second-order valence-electron chi connectivity index (χ2n) is 6.62. The van der Waals surface area contributed by atoms with Gasteiger partial charge < -0.3 is 15.0 Å². The molecular weight excluding hydrogens is 264 g/mol. The smallest absolute Gasteiger partial charge is 0.326 e. The molecule has 0 amide bonds. The molecule has 0 aromatic heterocycles. The molecule has 1 saturated heterocycles. The number of ether oxygens (including phenoxy) is 1. The van der Waals surface area contributed by atoms with Crippen LogP contribution in [0.15, 0.2) is 0 Å². The highest BCUT2D eigenvalue weighted by Gasteiger charge is 2.47. The number of rotatable bonds is 6. The summed E-state index contributed by atoms with van der Waals surface area (Å²) in [4.78, 5) is 15.0. The second kappa shape index (κ2) is 7.59. The molecule has 1 aliphatic heterocycles. The van der Waals surface area contributed by atoms with Crippen LogP contribution in [0.1, 0.15) is 59.3 Å². The minimum absolute atomic E-state index is 0.0437. The molecule has 1 N–H and O–H groups in total. The van der Waals surface area contributed by atoms with Gasteiger partial charge >= 0.3 is 5.97 Å². The van der Waals surface area contributed by atoms with Crippen molar-refractivity contribution in [2.75, 3.05) is 26.2 Å². The Morgan fingerprint density at radius 3 is 2.52 bits per heavy atom. The Bertz CT molecular complexity index is 340. The maximum Gasteiger partial charge on any atom is 0.326 e. The normalized spacial score (nSPS) is 31.5. The van der Waals surface area contributed by atoms with Gasteiger partial charge in [-0.2, -0.15) is 0 Å². The molecule has 2 rings (SSSR count). The maximum absolute atomic E-state index is 12.4. The number of hydrogen-bond donors (Lipinski definition) is 1. The highest BCUT2D eigenvalue weighted by molar-refractivity contribution is 5.81. The average Bonchev–Trinajstić information content (AvgIpc) is 2.94. The summed E-state index contributed by atoms with van der Waals surface area (Å²) in [5.74, 6) is 0.865. The molecule has 4 nitrogen and oxygen atoms in total. The van der Waals surface area contributed by atoms with Crippen LogP contribution in [0.2, 0.25) is 0 Å². The molecule has 0 aromatic rings. The monoisotopic (exact) mass is 296 g/mol. The summed E-state index contributed by atoms with van der Waals surface area (Å²) in [6.07, 6.45) is 6.89. The Morgan fingerprint density at radius 2 is 1.95 bits per heavy atom. The minimum atomic E-state index is -0.434. The number of esters is 1. The number of nitrogens with one attached hydrogen (secondary N) is 1. The van der Waals surface area contributed by atoms with Gasteiger partial charge in [-0.15, -0.1) is 0 Å². The highest BCUT2D eigenvalue weighted by atomic mass is 16.5. The number of carbonyl (C=O) groups is 1. The molecule has 2 unspecified atom stereocenters. The van der Waals surface area contributed by atoms with E-state index in [9.17, 15) is 4.79 Å². The number of likely N-dealkylation sites (N-methyl/N-ethyl adjacent to an activating group) is 1. The molecule has 2 aliphatic rings. The largest absolute Gasteiger partial charge is 0.465 e. The third-order valence-electron chi connectivity index (χ3n) is 5.41. The first kappa shape index (κ1) is 16.8. The van der Waals surface area contributed by atoms with Crippen molar-refractivity contribution in [3.8, 4) is 0 Å². The summed E-state index contributed by atoms with van der Waals surface area (Å²) < 4.78 is 5.33. The Kier molecular flexibility index (Phi) is 6.06. The number of nitrogens with zero attached hydrogens (tertiary/aromatic N) is 1. The lowest BCUT2D eigenvalue weighted by Gasteiger charge is -2.36. The fourth-order valence-corrected chi connectivity index (χ4v) is 4.08. The Labute approximate surface area is 129 Å². The molecule has 2 fully saturated rings. The number of carbonyl (C=O) groups excluding carboxylic acids is 1. The summed E-state index contributed by atoms with van der Waals surface area (Å²) in [6, 6.07) is 0.547. The van der Waals surface area contributed by atoms with E-state index >= 15 is 0 Å². The van der Waals surface area contributed by atoms with Crippen molar-refractivity contribution in [1.82, 2.24) is 10.2 Å². The van der Waals surface area contributed by atoms with Crippen molar-refractivity contribution in [3.05, 3.63) is 0 Å². The van der Waals surface area contributed by atoms with Crippen LogP contribution in [-0.2, 0) is 9.53 Å². The molecule has 1 saturated carbocycles. The predicted octanol–water partition coefficient (Wildman–Crippen LogP) is 2.57. The lowest BCUT2D eigenvalue weighted by Crippen LogP contribution is -2.52. The summed E-state index contributed by atoms with van der Waals surface area (Å²) in [5, 5.41) is 3.43. The molecule has 1 aliphatic carbocycles. The first-order valence-electron chi connectivity index (χ1n) is 8.81. The topological polar surface area (TPSA) is 41.6 Å². The lowest BCUT2D eigenvalue weighted by molar-refractivity contribution is -0.151. The second-order valence-corrected chi connectivity index (χ2v) is 6.62. The molecule has 0 spiro atoms. The molecular formula is C17H32N2O2. The van der Waals surface area contributed by atoms with Crippen molar-refractivity contribution in [2.45, 2.75) is 70.9 Å². The van der Waals surface area contributed by atoms with Crippen LogP contribution in [0, 0.1) is 5.92 Å². The number of hydrogen-bond acceptors (Lipinski definition) is 4. The molecule has 0 bridgehead atoms. The first-order chi connectivity index (χ1) is 10.1. The van der Waals surface area contributed by atoms with Crippen LogP contribution in [-0.4, -0.2) is 48.7 Å². The fourth-order valence-electron chi connectivity index (χ4n) is 4.08. The molecule has 1 heterocycles. The van der Waals surface area contributed by atoms with Gasteiger partial charge in [0.05, 0.1) is 6.61 Å². The van der Waals surface area contributed by atoms with Crippen LogP contribution >= 0.6 is 0 Å². The van der Waals surface area contributed by atoms with E-state index in [-0.39, 0.29) is 5.97 Å². The van der Waals surface area contributed by atoms with Crippen LogP contribution < -0.4 is 5.32 Å². The van der Waals surface area contributed by atoms with Crippen LogP contribution in [0.4, 0.5) is 0 Å². The van der Waals surface area contributed by atoms with Crippen molar-refractivity contribution in [1.29, 1.82) is 0 Å². The predicted molar refractivity (Wildman–Crippen MR) is 85.3 cm³/mol. The van der Waals surface area contributed by atoms with Gasteiger partial charge in [-0.25, -0.2) is 0 Å². The fraction of sp³-hybridized carbons (Fsp3) is 0.941. The van der Waals surface area contributed by atoms with E-state index < -0.39 is 5.54 Å². The van der Waals surface area contributed by atoms with Crippen molar-refractivity contribution in [3.63, 3.8) is 0 Å². The molecule has 2 atom stereocenters. The zero-order chi connectivity index (χ0) is 15.3. The number of likely N-dealkylation sites (tertiary alicyclic amines) is 1. The van der Waals surface area contributed by atoms with Crippen LogP contribution in [0.3, 0.4) is 0 Å². The van der Waals surface area contributed by atoms with Gasteiger partial charge in [0.15, 0.2) is 0 Å². The van der Waals surface area contributed by atoms with Gasteiger partial charge in [0.25, 0.3) is 0 Å². The van der Waals surface area contributed by atoms with E-state index in [1.165, 1.54) is 32.4 Å². The van der Waals surface area contributed by atoms with Gasteiger partial charge in [-0.1, -0.05) is 20.3 Å². The van der Waals surface area contributed by atoms with E-state index in [1.807, 2.05) is 6.92 Å². The third kappa shape index (κ3) is 3.78. The van der Waals surface area contributed by atoms with Gasteiger partial charge in [-0.05, 0) is 64.6 Å². The van der Waals surface area contributed by atoms with Crippen molar-refractivity contribution < 1.29 is 9.53 Å². The first-order valence-corrected chi connectivity index (χ1v) is 8.81. The zero-order valence-corrected chi connectivity index (χ0v) is 14.0. The Hall–Kier alpha value is -0.610. The van der Waals surface area contributed by atoms with E-state index in [2.05, 4.69) is 24.1 Å². The van der Waals surface area contributed by atoms with E-state index in [4.69, 9.17) is 4.74 Å². The number of piperidine rings is 1. The van der Waals surface area contributed by atoms with Gasteiger partial charge in [0.2, 0.25) is 0 Å². The van der Waals surface area contributed by atoms with Crippen molar-refractivity contribution in [2.24, 2.45) is 5.92 Å². The molecule has 122 valence electrons. The summed E-state index contributed by atoms with van der Waals surface area (Å²) in [6.45, 7) is 9.96. The Balaban J connectivity index is 1.95. The summed E-state index contributed by atoms with van der Waals surface area (Å²) in [5.41, 5.74) is -0.434.